The molecule has 1 heterocycles. The van der Waals surface area contributed by atoms with Crippen molar-refractivity contribution in [2.45, 2.75) is 10.6 Å². The molecule has 30 heavy (non-hydrogen) atoms. The van der Waals surface area contributed by atoms with Crippen molar-refractivity contribution in [2.75, 3.05) is 14.2 Å². The molecule has 1 aromatic heterocycles. The summed E-state index contributed by atoms with van der Waals surface area (Å²) in [7, 11) is 3.24. The second kappa shape index (κ2) is 8.73. The summed E-state index contributed by atoms with van der Waals surface area (Å²) in [6, 6.07) is 18.6. The molecule has 0 unspecified atom stereocenters. The number of nitro groups is 1. The lowest BCUT2D eigenvalue weighted by molar-refractivity contribution is -0.387. The number of hydrogen-bond acceptors (Lipinski definition) is 7. The number of hydrogen-bond donors (Lipinski definition) is 0. The maximum atomic E-state index is 11.7. The topological polar surface area (TPSA) is 74.5 Å². The molecule has 0 bridgehead atoms. The van der Waals surface area contributed by atoms with E-state index >= 15 is 0 Å². The van der Waals surface area contributed by atoms with Crippen LogP contribution in [0.15, 0.2) is 65.6 Å². The summed E-state index contributed by atoms with van der Waals surface area (Å²) in [6.07, 6.45) is 0. The summed E-state index contributed by atoms with van der Waals surface area (Å²) < 4.78 is 11.4. The third-order valence-corrected chi connectivity index (χ3v) is 6.75. The Bertz CT molecular complexity index is 1210. The van der Waals surface area contributed by atoms with Gasteiger partial charge in [-0.25, -0.2) is 4.98 Å². The molecule has 0 amide bonds. The molecule has 0 spiro atoms. The summed E-state index contributed by atoms with van der Waals surface area (Å²) in [4.78, 5) is 16.6. The highest BCUT2D eigenvalue weighted by Gasteiger charge is 2.18. The molecule has 0 atom stereocenters. The van der Waals surface area contributed by atoms with Gasteiger partial charge in [-0.15, -0.1) is 23.1 Å². The third-order valence-electron chi connectivity index (χ3n) is 4.55. The minimum absolute atomic E-state index is 0.0860. The highest BCUT2D eigenvalue weighted by atomic mass is 32.2. The maximum Gasteiger partial charge on any atom is 0.283 e. The van der Waals surface area contributed by atoms with Crippen molar-refractivity contribution in [3.05, 3.63) is 76.3 Å². The minimum Gasteiger partial charge on any atom is -0.497 e. The molecule has 4 rings (SSSR count). The van der Waals surface area contributed by atoms with Crippen molar-refractivity contribution in [2.24, 2.45) is 0 Å². The monoisotopic (exact) mass is 438 g/mol. The van der Waals surface area contributed by atoms with Crippen molar-refractivity contribution >= 4 is 39.0 Å². The number of ether oxygens (including phenoxy) is 2. The fraction of sp³-hybridized carbons (Fsp3) is 0.136. The van der Waals surface area contributed by atoms with Gasteiger partial charge in [-0.1, -0.05) is 18.2 Å². The maximum absolute atomic E-state index is 11.7. The smallest absolute Gasteiger partial charge is 0.283 e. The largest absolute Gasteiger partial charge is 0.497 e. The summed E-state index contributed by atoms with van der Waals surface area (Å²) in [6.45, 7) is 0. The Balaban J connectivity index is 1.60. The second-order valence-corrected chi connectivity index (χ2v) is 8.48. The van der Waals surface area contributed by atoms with Crippen molar-refractivity contribution in [3.63, 3.8) is 0 Å². The van der Waals surface area contributed by atoms with E-state index in [-0.39, 0.29) is 10.6 Å². The number of aromatic nitrogens is 1. The number of methoxy groups -OCH3 is 2. The SMILES string of the molecule is COc1ccc(CSc2ccc(-c3nc4ccc(OC)cc4s3)cc2[N+](=O)[O-])cc1. The highest BCUT2D eigenvalue weighted by Crippen LogP contribution is 2.38. The van der Waals surface area contributed by atoms with Crippen LogP contribution in [0, 0.1) is 10.1 Å². The van der Waals surface area contributed by atoms with Gasteiger partial charge in [0.1, 0.15) is 16.5 Å². The fourth-order valence-corrected chi connectivity index (χ4v) is 4.90. The van der Waals surface area contributed by atoms with E-state index in [0.29, 0.717) is 10.6 Å². The Hall–Kier alpha value is -3.10. The molecule has 4 aromatic rings. The molecular formula is C22H18N2O4S2. The summed E-state index contributed by atoms with van der Waals surface area (Å²) in [5.74, 6) is 2.17. The minimum atomic E-state index is -0.337. The number of rotatable bonds is 7. The van der Waals surface area contributed by atoms with Gasteiger partial charge in [0.25, 0.3) is 5.69 Å². The summed E-state index contributed by atoms with van der Waals surface area (Å²) in [5, 5.41) is 12.4. The molecule has 0 N–H and O–H groups in total. The van der Waals surface area contributed by atoms with E-state index in [9.17, 15) is 10.1 Å². The van der Waals surface area contributed by atoms with Crippen LogP contribution in [0.4, 0.5) is 5.69 Å². The standard InChI is InChI=1S/C22H18N2O4S2/c1-27-16-6-3-14(4-7-16)13-29-20-10-5-15(11-19(20)24(25)26)22-23-18-9-8-17(28-2)12-21(18)30-22/h3-12H,13H2,1-2H3. The number of thioether (sulfide) groups is 1. The van der Waals surface area contributed by atoms with E-state index < -0.39 is 0 Å². The van der Waals surface area contributed by atoms with Crippen LogP contribution in [0.5, 0.6) is 11.5 Å². The normalized spacial score (nSPS) is 10.9. The van der Waals surface area contributed by atoms with Crippen molar-refractivity contribution in [1.29, 1.82) is 0 Å². The van der Waals surface area contributed by atoms with Gasteiger partial charge in [-0.3, -0.25) is 10.1 Å². The predicted molar refractivity (Wildman–Crippen MR) is 121 cm³/mol. The van der Waals surface area contributed by atoms with E-state index in [0.717, 1.165) is 37.9 Å². The molecule has 0 saturated heterocycles. The first-order valence-electron chi connectivity index (χ1n) is 9.06. The van der Waals surface area contributed by atoms with Crippen LogP contribution >= 0.6 is 23.1 Å². The van der Waals surface area contributed by atoms with Gasteiger partial charge in [0, 0.05) is 17.4 Å². The van der Waals surface area contributed by atoms with Crippen LogP contribution in [0.25, 0.3) is 20.8 Å². The lowest BCUT2D eigenvalue weighted by atomic mass is 10.2. The number of thiazole rings is 1. The Morgan fingerprint density at radius 2 is 1.73 bits per heavy atom. The van der Waals surface area contributed by atoms with Gasteiger partial charge < -0.3 is 9.47 Å². The van der Waals surface area contributed by atoms with Gasteiger partial charge in [0.15, 0.2) is 0 Å². The van der Waals surface area contributed by atoms with E-state index in [4.69, 9.17) is 9.47 Å². The lowest BCUT2D eigenvalue weighted by Crippen LogP contribution is -1.92. The lowest BCUT2D eigenvalue weighted by Gasteiger charge is -2.06. The van der Waals surface area contributed by atoms with Crippen molar-refractivity contribution in [3.8, 4) is 22.1 Å². The molecule has 6 nitrogen and oxygen atoms in total. The van der Waals surface area contributed by atoms with E-state index in [1.807, 2.05) is 48.5 Å². The predicted octanol–water partition coefficient (Wildman–Crippen LogP) is 6.18. The van der Waals surface area contributed by atoms with Crippen LogP contribution in [-0.2, 0) is 5.75 Å². The van der Waals surface area contributed by atoms with Gasteiger partial charge in [-0.2, -0.15) is 0 Å². The zero-order valence-electron chi connectivity index (χ0n) is 16.3. The summed E-state index contributed by atoms with van der Waals surface area (Å²) >= 11 is 2.93. The van der Waals surface area contributed by atoms with Crippen LogP contribution in [0.2, 0.25) is 0 Å². The third kappa shape index (κ3) is 4.24. The van der Waals surface area contributed by atoms with Gasteiger partial charge >= 0.3 is 0 Å². The second-order valence-electron chi connectivity index (χ2n) is 6.43. The number of benzene rings is 3. The first kappa shape index (κ1) is 20.2. The molecule has 152 valence electrons. The molecule has 0 aliphatic rings. The number of nitro benzene ring substituents is 1. The van der Waals surface area contributed by atoms with Crippen LogP contribution < -0.4 is 9.47 Å². The Morgan fingerprint density at radius 3 is 2.43 bits per heavy atom. The summed E-state index contributed by atoms with van der Waals surface area (Å²) in [5.41, 5.74) is 2.73. The molecule has 0 radical (unpaired) electrons. The van der Waals surface area contributed by atoms with E-state index in [1.165, 1.54) is 23.1 Å². The molecule has 0 fully saturated rings. The average Bonchev–Trinajstić information content (AvgIpc) is 3.21. The Kier molecular flexibility index (Phi) is 5.87. The molecular weight excluding hydrogens is 420 g/mol. The van der Waals surface area contributed by atoms with Gasteiger partial charge in [-0.05, 0) is 42.0 Å². The van der Waals surface area contributed by atoms with E-state index in [2.05, 4.69) is 4.98 Å². The molecule has 0 saturated carbocycles. The first-order valence-corrected chi connectivity index (χ1v) is 10.9. The highest BCUT2D eigenvalue weighted by molar-refractivity contribution is 7.98. The van der Waals surface area contributed by atoms with Crippen LogP contribution in [0.1, 0.15) is 5.56 Å². The quantitative estimate of drug-likeness (QED) is 0.195. The first-order chi connectivity index (χ1) is 14.6. The molecule has 0 aliphatic heterocycles. The van der Waals surface area contributed by atoms with Crippen LogP contribution in [-0.4, -0.2) is 24.1 Å². The zero-order chi connectivity index (χ0) is 21.1. The van der Waals surface area contributed by atoms with Gasteiger partial charge in [0.05, 0.1) is 34.3 Å². The fourth-order valence-electron chi connectivity index (χ4n) is 2.95. The van der Waals surface area contributed by atoms with Crippen molar-refractivity contribution in [1.82, 2.24) is 4.98 Å². The Labute approximate surface area is 181 Å². The number of fused-ring (bicyclic) bond motifs is 1. The average molecular weight is 439 g/mol. The molecule has 0 aliphatic carbocycles. The Morgan fingerprint density at radius 1 is 1.00 bits per heavy atom. The molecule has 8 heteroatoms. The van der Waals surface area contributed by atoms with Crippen LogP contribution in [0.3, 0.4) is 0 Å². The number of nitrogens with zero attached hydrogens (tertiary/aromatic N) is 2. The van der Waals surface area contributed by atoms with Crippen molar-refractivity contribution < 1.29 is 14.4 Å². The van der Waals surface area contributed by atoms with E-state index in [1.54, 1.807) is 26.4 Å². The molecule has 3 aromatic carbocycles. The zero-order valence-corrected chi connectivity index (χ0v) is 18.0. The van der Waals surface area contributed by atoms with Gasteiger partial charge in [0.2, 0.25) is 0 Å².